The summed E-state index contributed by atoms with van der Waals surface area (Å²) in [6.07, 6.45) is 1.09. The first kappa shape index (κ1) is 21.2. The molecule has 3 aromatic rings. The molecular formula is C25H22N2O5. The van der Waals surface area contributed by atoms with Gasteiger partial charge in [-0.15, -0.1) is 0 Å². The van der Waals surface area contributed by atoms with Crippen molar-refractivity contribution in [2.75, 3.05) is 13.1 Å². The Balaban J connectivity index is 1.51. The van der Waals surface area contributed by atoms with Crippen LogP contribution in [0, 0.1) is 16.0 Å². The van der Waals surface area contributed by atoms with Crippen molar-refractivity contribution in [2.45, 2.75) is 12.8 Å². The van der Waals surface area contributed by atoms with Gasteiger partial charge in [-0.2, -0.15) is 0 Å². The van der Waals surface area contributed by atoms with E-state index in [0.717, 1.165) is 0 Å². The molecule has 162 valence electrons. The number of nitrogens with zero attached hydrogens (tertiary/aromatic N) is 2. The smallest absolute Gasteiger partial charge is 0.270 e. The Morgan fingerprint density at radius 3 is 2.16 bits per heavy atom. The predicted octanol–water partition coefficient (Wildman–Crippen LogP) is 5.12. The molecule has 1 aliphatic heterocycles. The molecule has 3 aromatic carbocycles. The van der Waals surface area contributed by atoms with E-state index in [0.29, 0.717) is 37.2 Å². The topological polar surface area (TPSA) is 89.8 Å². The lowest BCUT2D eigenvalue weighted by Crippen LogP contribution is -2.40. The summed E-state index contributed by atoms with van der Waals surface area (Å²) in [5.74, 6) is 0.384. The van der Waals surface area contributed by atoms with E-state index in [9.17, 15) is 19.7 Å². The van der Waals surface area contributed by atoms with E-state index in [1.54, 1.807) is 41.3 Å². The normalized spacial score (nSPS) is 14.1. The van der Waals surface area contributed by atoms with Crippen LogP contribution in [0.5, 0.6) is 11.5 Å². The summed E-state index contributed by atoms with van der Waals surface area (Å²) in [4.78, 5) is 38.4. The second kappa shape index (κ2) is 9.43. The lowest BCUT2D eigenvalue weighted by molar-refractivity contribution is -0.384. The first-order chi connectivity index (χ1) is 15.5. The number of Topliss-reactive ketones (excluding diaryl/α,β-unsaturated/α-hetero) is 1. The number of benzene rings is 3. The average molecular weight is 430 g/mol. The first-order valence-corrected chi connectivity index (χ1v) is 10.4. The summed E-state index contributed by atoms with van der Waals surface area (Å²) in [6.45, 7) is 0.797. The maximum absolute atomic E-state index is 13.3. The summed E-state index contributed by atoms with van der Waals surface area (Å²) < 4.78 is 5.85. The molecule has 0 aromatic heterocycles. The van der Waals surface area contributed by atoms with Crippen molar-refractivity contribution < 1.29 is 19.2 Å². The third-order valence-corrected chi connectivity index (χ3v) is 5.59. The Labute approximate surface area is 185 Å². The second-order valence-electron chi connectivity index (χ2n) is 7.65. The second-order valence-corrected chi connectivity index (χ2v) is 7.65. The number of amides is 1. The van der Waals surface area contributed by atoms with Crippen molar-refractivity contribution in [3.05, 3.63) is 100 Å². The van der Waals surface area contributed by atoms with E-state index >= 15 is 0 Å². The predicted molar refractivity (Wildman–Crippen MR) is 119 cm³/mol. The number of rotatable bonds is 6. The molecule has 32 heavy (non-hydrogen) atoms. The van der Waals surface area contributed by atoms with Gasteiger partial charge >= 0.3 is 0 Å². The number of carbonyl (C=O) groups excluding carboxylic acids is 2. The lowest BCUT2D eigenvalue weighted by atomic mass is 9.88. The zero-order valence-corrected chi connectivity index (χ0v) is 17.3. The molecule has 1 saturated heterocycles. The van der Waals surface area contributed by atoms with Crippen LogP contribution < -0.4 is 4.74 Å². The van der Waals surface area contributed by atoms with Crippen molar-refractivity contribution in [1.29, 1.82) is 0 Å². The molecule has 4 rings (SSSR count). The van der Waals surface area contributed by atoms with Crippen LogP contribution in [0.25, 0.3) is 0 Å². The van der Waals surface area contributed by atoms with Gasteiger partial charge < -0.3 is 9.64 Å². The van der Waals surface area contributed by atoms with Gasteiger partial charge in [0.2, 0.25) is 0 Å². The van der Waals surface area contributed by atoms with Gasteiger partial charge in [0.05, 0.1) is 10.5 Å². The number of piperidine rings is 1. The minimum atomic E-state index is -0.534. The molecule has 0 bridgehead atoms. The van der Waals surface area contributed by atoms with E-state index in [-0.39, 0.29) is 34.6 Å². The number of likely N-dealkylation sites (tertiary alicyclic amines) is 1. The number of nitro groups is 1. The molecule has 1 heterocycles. The Kier molecular flexibility index (Phi) is 6.26. The van der Waals surface area contributed by atoms with E-state index < -0.39 is 4.92 Å². The molecule has 0 radical (unpaired) electrons. The van der Waals surface area contributed by atoms with Crippen LogP contribution in [0.4, 0.5) is 5.69 Å². The fourth-order valence-corrected chi connectivity index (χ4v) is 3.86. The van der Waals surface area contributed by atoms with Gasteiger partial charge in [-0.1, -0.05) is 48.5 Å². The van der Waals surface area contributed by atoms with Crippen molar-refractivity contribution >= 4 is 17.4 Å². The van der Waals surface area contributed by atoms with Crippen LogP contribution in [-0.2, 0) is 0 Å². The summed E-state index contributed by atoms with van der Waals surface area (Å²) in [7, 11) is 0. The van der Waals surface area contributed by atoms with Gasteiger partial charge in [0.1, 0.15) is 11.5 Å². The maximum Gasteiger partial charge on any atom is 0.270 e. The molecule has 0 unspecified atom stereocenters. The SMILES string of the molecule is O=C(c1ccccc1)C1CCN(C(=O)c2cc([N+](=O)[O-])ccc2Oc2ccccc2)CC1. The van der Waals surface area contributed by atoms with E-state index in [1.807, 2.05) is 24.3 Å². The monoisotopic (exact) mass is 430 g/mol. The third kappa shape index (κ3) is 4.67. The maximum atomic E-state index is 13.3. The fraction of sp³-hybridized carbons (Fsp3) is 0.200. The van der Waals surface area contributed by atoms with Gasteiger partial charge in [-0.25, -0.2) is 0 Å². The highest BCUT2D eigenvalue weighted by molar-refractivity contribution is 5.99. The number of para-hydroxylation sites is 1. The molecule has 7 heteroatoms. The Morgan fingerprint density at radius 2 is 1.53 bits per heavy atom. The van der Waals surface area contributed by atoms with E-state index in [1.165, 1.54) is 18.2 Å². The molecule has 1 amide bonds. The summed E-state index contributed by atoms with van der Waals surface area (Å²) in [5, 5.41) is 11.3. The minimum absolute atomic E-state index is 0.0844. The molecule has 0 saturated carbocycles. The number of ketones is 1. The number of hydrogen-bond donors (Lipinski definition) is 0. The average Bonchev–Trinajstić information content (AvgIpc) is 2.84. The molecule has 7 nitrogen and oxygen atoms in total. The molecular weight excluding hydrogens is 408 g/mol. The van der Waals surface area contributed by atoms with Crippen molar-refractivity contribution in [2.24, 2.45) is 5.92 Å². The molecule has 0 spiro atoms. The lowest BCUT2D eigenvalue weighted by Gasteiger charge is -2.31. The first-order valence-electron chi connectivity index (χ1n) is 10.4. The largest absolute Gasteiger partial charge is 0.457 e. The molecule has 1 fully saturated rings. The summed E-state index contributed by atoms with van der Waals surface area (Å²) >= 11 is 0. The highest BCUT2D eigenvalue weighted by atomic mass is 16.6. The van der Waals surface area contributed by atoms with Crippen LogP contribution in [0.15, 0.2) is 78.9 Å². The fourth-order valence-electron chi connectivity index (χ4n) is 3.86. The van der Waals surface area contributed by atoms with Crippen LogP contribution in [0.2, 0.25) is 0 Å². The molecule has 0 N–H and O–H groups in total. The highest BCUT2D eigenvalue weighted by Crippen LogP contribution is 2.31. The van der Waals surface area contributed by atoms with Crippen LogP contribution >= 0.6 is 0 Å². The summed E-state index contributed by atoms with van der Waals surface area (Å²) in [5.41, 5.74) is 0.633. The quantitative estimate of drug-likeness (QED) is 0.307. The van der Waals surface area contributed by atoms with Crippen molar-refractivity contribution in [3.8, 4) is 11.5 Å². The molecule has 0 atom stereocenters. The van der Waals surface area contributed by atoms with Crippen LogP contribution in [0.3, 0.4) is 0 Å². The Bertz CT molecular complexity index is 1120. The van der Waals surface area contributed by atoms with Gasteiger partial charge in [0.15, 0.2) is 5.78 Å². The van der Waals surface area contributed by atoms with Gasteiger partial charge in [-0.05, 0) is 31.0 Å². The number of carbonyl (C=O) groups is 2. The number of ether oxygens (including phenoxy) is 1. The number of hydrogen-bond acceptors (Lipinski definition) is 5. The zero-order chi connectivity index (χ0) is 22.5. The third-order valence-electron chi connectivity index (χ3n) is 5.59. The van der Waals surface area contributed by atoms with Crippen LogP contribution in [-0.4, -0.2) is 34.6 Å². The van der Waals surface area contributed by atoms with Crippen molar-refractivity contribution in [1.82, 2.24) is 4.90 Å². The van der Waals surface area contributed by atoms with Crippen molar-refractivity contribution in [3.63, 3.8) is 0 Å². The number of nitro benzene ring substituents is 1. The van der Waals surface area contributed by atoms with E-state index in [2.05, 4.69) is 0 Å². The van der Waals surface area contributed by atoms with E-state index in [4.69, 9.17) is 4.74 Å². The zero-order valence-electron chi connectivity index (χ0n) is 17.3. The summed E-state index contributed by atoms with van der Waals surface area (Å²) in [6, 6.07) is 22.1. The highest BCUT2D eigenvalue weighted by Gasteiger charge is 2.30. The Morgan fingerprint density at radius 1 is 0.906 bits per heavy atom. The van der Waals surface area contributed by atoms with Gasteiger partial charge in [0.25, 0.3) is 11.6 Å². The standard InChI is InChI=1S/C25H22N2O5/c28-24(18-7-3-1-4-8-18)19-13-15-26(16-14-19)25(29)22-17-20(27(30)31)11-12-23(22)32-21-9-5-2-6-10-21/h1-12,17,19H,13-16H2. The van der Waals surface area contributed by atoms with Gasteiger partial charge in [-0.3, -0.25) is 19.7 Å². The van der Waals surface area contributed by atoms with Crippen LogP contribution in [0.1, 0.15) is 33.6 Å². The van der Waals surface area contributed by atoms with Gasteiger partial charge in [0, 0.05) is 36.7 Å². The minimum Gasteiger partial charge on any atom is -0.457 e. The molecule has 0 aliphatic carbocycles. The number of non-ortho nitro benzene ring substituents is 1. The Hall–Kier alpha value is -4.00. The molecule has 1 aliphatic rings.